The second kappa shape index (κ2) is 7.83. The van der Waals surface area contributed by atoms with E-state index in [1.54, 1.807) is 17.7 Å². The molecule has 0 fully saturated rings. The van der Waals surface area contributed by atoms with Crippen molar-refractivity contribution in [2.75, 3.05) is 5.32 Å². The Morgan fingerprint density at radius 3 is 2.63 bits per heavy atom. The van der Waals surface area contributed by atoms with Gasteiger partial charge in [-0.2, -0.15) is 10.2 Å². The first-order valence-corrected chi connectivity index (χ1v) is 10.5. The monoisotopic (exact) mass is 422 g/mol. The molecule has 0 saturated carbocycles. The summed E-state index contributed by atoms with van der Waals surface area (Å²) in [5.41, 5.74) is 3.01. The molecule has 0 aliphatic carbocycles. The van der Waals surface area contributed by atoms with Gasteiger partial charge in [0.15, 0.2) is 5.13 Å². The Hall–Kier alpha value is -3.33. The first kappa shape index (κ1) is 20.0. The zero-order valence-corrected chi connectivity index (χ0v) is 18.0. The van der Waals surface area contributed by atoms with E-state index in [0.29, 0.717) is 28.1 Å². The third kappa shape index (κ3) is 3.52. The number of nitrogens with zero attached hydrogens (tertiary/aromatic N) is 5. The van der Waals surface area contributed by atoms with Crippen LogP contribution in [0.2, 0.25) is 0 Å². The van der Waals surface area contributed by atoms with Crippen LogP contribution >= 0.6 is 11.3 Å². The molecule has 8 nitrogen and oxygen atoms in total. The highest BCUT2D eigenvalue weighted by molar-refractivity contribution is 7.14. The van der Waals surface area contributed by atoms with Gasteiger partial charge >= 0.3 is 0 Å². The van der Waals surface area contributed by atoms with Crippen LogP contribution in [-0.4, -0.2) is 30.5 Å². The predicted octanol–water partition coefficient (Wildman–Crippen LogP) is 3.32. The first-order valence-electron chi connectivity index (χ1n) is 9.65. The van der Waals surface area contributed by atoms with Crippen LogP contribution in [0.15, 0.2) is 40.6 Å². The van der Waals surface area contributed by atoms with Gasteiger partial charge in [0.1, 0.15) is 0 Å². The third-order valence-electron chi connectivity index (χ3n) is 5.02. The molecule has 0 aliphatic heterocycles. The molecule has 4 rings (SSSR count). The molecule has 0 saturated heterocycles. The Balaban J connectivity index is 1.63. The van der Waals surface area contributed by atoms with E-state index in [4.69, 9.17) is 0 Å². The number of hydrogen-bond acceptors (Lipinski definition) is 6. The average molecular weight is 423 g/mol. The van der Waals surface area contributed by atoms with E-state index in [1.807, 2.05) is 50.7 Å². The molecule has 1 amide bonds. The number of carbonyl (C=O) groups is 1. The van der Waals surface area contributed by atoms with Gasteiger partial charge in [0, 0.05) is 36.1 Å². The summed E-state index contributed by atoms with van der Waals surface area (Å²) in [6.07, 6.45) is 1.91. The minimum atomic E-state index is -0.555. The topological polar surface area (TPSA) is 94.7 Å². The van der Waals surface area contributed by atoms with Crippen LogP contribution in [0, 0.1) is 6.92 Å². The molecule has 0 radical (unpaired) electrons. The fourth-order valence-corrected chi connectivity index (χ4v) is 4.15. The maximum absolute atomic E-state index is 13.0. The number of carbonyl (C=O) groups excluding carboxylic acids is 1. The normalized spacial score (nSPS) is 12.3. The number of hydrogen-bond donors (Lipinski definition) is 1. The van der Waals surface area contributed by atoms with Crippen LogP contribution in [0.5, 0.6) is 0 Å². The van der Waals surface area contributed by atoms with Gasteiger partial charge in [-0.15, -0.1) is 11.3 Å². The van der Waals surface area contributed by atoms with Crippen molar-refractivity contribution in [1.29, 1.82) is 0 Å². The molecule has 0 unspecified atom stereocenters. The molecule has 154 valence electrons. The molecule has 0 spiro atoms. The van der Waals surface area contributed by atoms with Crippen LogP contribution < -0.4 is 10.9 Å². The van der Waals surface area contributed by atoms with Crippen molar-refractivity contribution in [3.8, 4) is 11.3 Å². The Morgan fingerprint density at radius 2 is 1.97 bits per heavy atom. The van der Waals surface area contributed by atoms with Gasteiger partial charge in [-0.1, -0.05) is 18.2 Å². The van der Waals surface area contributed by atoms with E-state index in [1.165, 1.54) is 16.0 Å². The molecular weight excluding hydrogens is 400 g/mol. The Labute approximate surface area is 177 Å². The summed E-state index contributed by atoms with van der Waals surface area (Å²) in [6.45, 7) is 6.00. The van der Waals surface area contributed by atoms with Crippen LogP contribution in [0.4, 0.5) is 5.13 Å². The fraction of sp³-hybridized carbons (Fsp3) is 0.286. The van der Waals surface area contributed by atoms with Crippen molar-refractivity contribution in [2.24, 2.45) is 7.05 Å². The van der Waals surface area contributed by atoms with E-state index in [-0.39, 0.29) is 11.5 Å². The molecule has 1 N–H and O–H groups in total. The highest BCUT2D eigenvalue weighted by Crippen LogP contribution is 2.28. The number of rotatable bonds is 5. The Kier molecular flexibility index (Phi) is 5.21. The lowest BCUT2D eigenvalue weighted by Gasteiger charge is -2.14. The molecule has 1 aromatic carbocycles. The fourth-order valence-electron chi connectivity index (χ4n) is 3.44. The number of fused-ring (bicyclic) bond motifs is 1. The lowest BCUT2D eigenvalue weighted by Crippen LogP contribution is -2.27. The summed E-state index contributed by atoms with van der Waals surface area (Å²) in [5.74, 6) is -0.779. The van der Waals surface area contributed by atoms with Gasteiger partial charge in [0.05, 0.1) is 28.4 Å². The van der Waals surface area contributed by atoms with Crippen LogP contribution in [0.25, 0.3) is 22.0 Å². The lowest BCUT2D eigenvalue weighted by atomic mass is 10.0. The van der Waals surface area contributed by atoms with Gasteiger partial charge in [-0.05, 0) is 26.8 Å². The van der Waals surface area contributed by atoms with Crippen molar-refractivity contribution in [2.45, 2.75) is 33.2 Å². The molecule has 30 heavy (non-hydrogen) atoms. The molecule has 0 aliphatic rings. The second-order valence-electron chi connectivity index (χ2n) is 7.10. The second-order valence-corrected chi connectivity index (χ2v) is 7.96. The van der Waals surface area contributed by atoms with E-state index in [9.17, 15) is 9.59 Å². The minimum absolute atomic E-state index is 0.152. The SMILES string of the molecule is CCn1nc([C@H](C)C(=O)Nc2nc(-c3cn(C)nc3C)cs2)c2ccccc2c1=O. The van der Waals surface area contributed by atoms with E-state index >= 15 is 0 Å². The van der Waals surface area contributed by atoms with Crippen molar-refractivity contribution in [3.63, 3.8) is 0 Å². The number of benzene rings is 1. The molecule has 0 bridgehead atoms. The summed E-state index contributed by atoms with van der Waals surface area (Å²) >= 11 is 1.36. The van der Waals surface area contributed by atoms with E-state index < -0.39 is 5.92 Å². The maximum Gasteiger partial charge on any atom is 0.274 e. The number of aromatic nitrogens is 5. The third-order valence-corrected chi connectivity index (χ3v) is 5.78. The standard InChI is InChI=1S/C21H22N6O2S/c1-5-27-20(29)15-9-7-6-8-14(15)18(25-27)12(2)19(28)23-21-22-17(11-30-21)16-10-26(4)24-13(16)3/h6-12H,5H2,1-4H3,(H,22,23,28)/t12-/m0/s1. The van der Waals surface area contributed by atoms with Crippen molar-refractivity contribution in [1.82, 2.24) is 24.5 Å². The van der Waals surface area contributed by atoms with Crippen molar-refractivity contribution in [3.05, 3.63) is 57.6 Å². The van der Waals surface area contributed by atoms with Crippen molar-refractivity contribution >= 4 is 33.1 Å². The zero-order chi connectivity index (χ0) is 21.4. The van der Waals surface area contributed by atoms with Gasteiger partial charge in [-0.3, -0.25) is 14.3 Å². The van der Waals surface area contributed by atoms with Gasteiger partial charge < -0.3 is 5.32 Å². The summed E-state index contributed by atoms with van der Waals surface area (Å²) in [6, 6.07) is 7.26. The minimum Gasteiger partial charge on any atom is -0.301 e. The molecular formula is C21H22N6O2S. The van der Waals surface area contributed by atoms with Crippen LogP contribution in [0.3, 0.4) is 0 Å². The quantitative estimate of drug-likeness (QED) is 0.532. The van der Waals surface area contributed by atoms with E-state index in [2.05, 4.69) is 20.5 Å². The summed E-state index contributed by atoms with van der Waals surface area (Å²) < 4.78 is 3.14. The number of anilines is 1. The molecule has 4 aromatic rings. The van der Waals surface area contributed by atoms with Crippen LogP contribution in [-0.2, 0) is 18.4 Å². The zero-order valence-electron chi connectivity index (χ0n) is 17.2. The lowest BCUT2D eigenvalue weighted by molar-refractivity contribution is -0.117. The summed E-state index contributed by atoms with van der Waals surface area (Å²) in [4.78, 5) is 30.1. The van der Waals surface area contributed by atoms with Crippen LogP contribution in [0.1, 0.15) is 31.2 Å². The maximum atomic E-state index is 13.0. The predicted molar refractivity (Wildman–Crippen MR) is 118 cm³/mol. The first-order chi connectivity index (χ1) is 14.4. The molecule has 3 aromatic heterocycles. The molecule has 3 heterocycles. The highest BCUT2D eigenvalue weighted by Gasteiger charge is 2.23. The average Bonchev–Trinajstić information content (AvgIpc) is 3.33. The van der Waals surface area contributed by atoms with Crippen molar-refractivity contribution < 1.29 is 4.79 Å². The van der Waals surface area contributed by atoms with Gasteiger partial charge in [0.2, 0.25) is 5.91 Å². The number of amides is 1. The van der Waals surface area contributed by atoms with E-state index in [0.717, 1.165) is 17.0 Å². The Morgan fingerprint density at radius 1 is 1.23 bits per heavy atom. The largest absolute Gasteiger partial charge is 0.301 e. The summed E-state index contributed by atoms with van der Waals surface area (Å²) in [7, 11) is 1.86. The number of aryl methyl sites for hydroxylation is 3. The number of nitrogens with one attached hydrogen (secondary N) is 1. The summed E-state index contributed by atoms with van der Waals surface area (Å²) in [5, 5.41) is 15.4. The molecule has 1 atom stereocenters. The van der Waals surface area contributed by atoms with Gasteiger partial charge in [-0.25, -0.2) is 9.67 Å². The number of thiazole rings is 1. The molecule has 9 heteroatoms. The van der Waals surface area contributed by atoms with Gasteiger partial charge in [0.25, 0.3) is 5.56 Å². The highest BCUT2D eigenvalue weighted by atomic mass is 32.1. The smallest absolute Gasteiger partial charge is 0.274 e. The Bertz CT molecular complexity index is 1300.